The van der Waals surface area contributed by atoms with Crippen LogP contribution in [0.4, 0.5) is 13.2 Å². The molecule has 15 heavy (non-hydrogen) atoms. The van der Waals surface area contributed by atoms with E-state index in [1.165, 1.54) is 0 Å². The highest BCUT2D eigenvalue weighted by molar-refractivity contribution is 4.93. The van der Waals surface area contributed by atoms with Crippen LogP contribution < -0.4 is 0 Å². The first-order chi connectivity index (χ1) is 6.98. The molecule has 1 N–H and O–H groups in total. The Hall–Kier alpha value is -0.290. The number of piperidine rings is 1. The van der Waals surface area contributed by atoms with Gasteiger partial charge < -0.3 is 5.11 Å². The molecule has 2 bridgehead atoms. The van der Waals surface area contributed by atoms with Crippen molar-refractivity contribution in [2.75, 3.05) is 6.54 Å². The zero-order valence-corrected chi connectivity index (χ0v) is 8.50. The van der Waals surface area contributed by atoms with Crippen molar-refractivity contribution in [1.29, 1.82) is 0 Å². The Kier molecular flexibility index (Phi) is 2.94. The van der Waals surface area contributed by atoms with Gasteiger partial charge in [0.1, 0.15) is 0 Å². The number of aliphatic hydroxyl groups excluding tert-OH is 1. The van der Waals surface area contributed by atoms with Gasteiger partial charge in [0.05, 0.1) is 0 Å². The van der Waals surface area contributed by atoms with Gasteiger partial charge in [0, 0.05) is 18.6 Å². The minimum atomic E-state index is -4.48. The van der Waals surface area contributed by atoms with Gasteiger partial charge in [-0.25, -0.2) is 0 Å². The van der Waals surface area contributed by atoms with Crippen molar-refractivity contribution in [3.8, 4) is 0 Å². The number of hydrogen-bond donors (Lipinski definition) is 1. The minimum Gasteiger partial charge on any atom is -0.382 e. The highest BCUT2D eigenvalue weighted by Crippen LogP contribution is 2.36. The largest absolute Gasteiger partial charge is 0.415 e. The predicted octanol–water partition coefficient (Wildman–Crippen LogP) is 1.93. The lowest BCUT2D eigenvalue weighted by Crippen LogP contribution is -2.47. The lowest BCUT2D eigenvalue weighted by molar-refractivity contribution is -0.210. The van der Waals surface area contributed by atoms with Crippen molar-refractivity contribution in [2.45, 2.75) is 56.5 Å². The standard InChI is InChI=1S/C10H16F3NO/c11-10(12,13)9(15)6-14-7-2-1-3-8(14)5-4-7/h7-9,15H,1-6H2/t7-,8?,9?/m1/s1. The Balaban J connectivity index is 1.95. The predicted molar refractivity (Wildman–Crippen MR) is 49.4 cm³/mol. The van der Waals surface area contributed by atoms with Crippen LogP contribution in [-0.4, -0.2) is 40.9 Å². The molecule has 2 nitrogen and oxygen atoms in total. The monoisotopic (exact) mass is 223 g/mol. The van der Waals surface area contributed by atoms with E-state index in [0.29, 0.717) is 0 Å². The molecule has 2 heterocycles. The molecule has 0 aliphatic carbocycles. The molecule has 3 atom stereocenters. The zero-order chi connectivity index (χ0) is 11.1. The molecule has 2 rings (SSSR count). The van der Waals surface area contributed by atoms with E-state index in [1.807, 2.05) is 4.90 Å². The van der Waals surface area contributed by atoms with Crippen LogP contribution in [0, 0.1) is 0 Å². The molecule has 2 saturated heterocycles. The Morgan fingerprint density at radius 1 is 1.13 bits per heavy atom. The fourth-order valence-corrected chi connectivity index (χ4v) is 2.83. The van der Waals surface area contributed by atoms with Crippen LogP contribution in [0.25, 0.3) is 0 Å². The molecule has 2 fully saturated rings. The Labute approximate surface area is 87.1 Å². The molecule has 2 aliphatic rings. The fraction of sp³-hybridized carbons (Fsp3) is 1.00. The summed E-state index contributed by atoms with van der Waals surface area (Å²) in [4.78, 5) is 1.86. The van der Waals surface area contributed by atoms with Crippen LogP contribution in [0.1, 0.15) is 32.1 Å². The molecular formula is C10H16F3NO. The van der Waals surface area contributed by atoms with Crippen LogP contribution >= 0.6 is 0 Å². The zero-order valence-electron chi connectivity index (χ0n) is 8.50. The van der Waals surface area contributed by atoms with Crippen molar-refractivity contribution < 1.29 is 18.3 Å². The first-order valence-electron chi connectivity index (χ1n) is 5.49. The number of fused-ring (bicyclic) bond motifs is 2. The van der Waals surface area contributed by atoms with Gasteiger partial charge in [-0.2, -0.15) is 13.2 Å². The quantitative estimate of drug-likeness (QED) is 0.773. The molecule has 0 saturated carbocycles. The van der Waals surface area contributed by atoms with Gasteiger partial charge in [0.15, 0.2) is 6.10 Å². The highest BCUT2D eigenvalue weighted by Gasteiger charge is 2.44. The van der Waals surface area contributed by atoms with Crippen molar-refractivity contribution in [2.24, 2.45) is 0 Å². The number of rotatable bonds is 2. The van der Waals surface area contributed by atoms with E-state index < -0.39 is 12.3 Å². The van der Waals surface area contributed by atoms with Crippen molar-refractivity contribution in [3.63, 3.8) is 0 Å². The molecule has 0 aromatic heterocycles. The molecule has 5 heteroatoms. The fourth-order valence-electron chi connectivity index (χ4n) is 2.83. The molecule has 88 valence electrons. The Morgan fingerprint density at radius 2 is 1.67 bits per heavy atom. The van der Waals surface area contributed by atoms with E-state index in [-0.39, 0.29) is 18.6 Å². The van der Waals surface area contributed by atoms with Crippen LogP contribution in [0.3, 0.4) is 0 Å². The molecule has 0 spiro atoms. The number of alkyl halides is 3. The second kappa shape index (κ2) is 3.94. The van der Waals surface area contributed by atoms with E-state index in [9.17, 15) is 13.2 Å². The summed E-state index contributed by atoms with van der Waals surface area (Å²) in [6.45, 7) is -0.237. The normalized spacial score (nSPS) is 34.4. The average molecular weight is 223 g/mol. The lowest BCUT2D eigenvalue weighted by Gasteiger charge is -2.36. The number of aliphatic hydroxyl groups is 1. The van der Waals surface area contributed by atoms with Gasteiger partial charge in [-0.05, 0) is 25.7 Å². The van der Waals surface area contributed by atoms with E-state index in [2.05, 4.69) is 0 Å². The van der Waals surface area contributed by atoms with Gasteiger partial charge >= 0.3 is 6.18 Å². The first kappa shape index (κ1) is 11.2. The summed E-state index contributed by atoms with van der Waals surface area (Å²) in [6.07, 6.45) is -1.57. The van der Waals surface area contributed by atoms with Gasteiger partial charge in [-0.3, -0.25) is 4.90 Å². The average Bonchev–Trinajstić information content (AvgIpc) is 2.38. The lowest BCUT2D eigenvalue weighted by atomic mass is 10.0. The summed E-state index contributed by atoms with van der Waals surface area (Å²) in [5, 5.41) is 9.03. The molecule has 2 aliphatic heterocycles. The van der Waals surface area contributed by atoms with Crippen LogP contribution in [0.5, 0.6) is 0 Å². The highest BCUT2D eigenvalue weighted by atomic mass is 19.4. The summed E-state index contributed by atoms with van der Waals surface area (Å²) in [5.74, 6) is 0. The summed E-state index contributed by atoms with van der Waals surface area (Å²) in [7, 11) is 0. The Bertz CT molecular complexity index is 215. The number of halogens is 3. The third-order valence-corrected chi connectivity index (χ3v) is 3.61. The molecule has 0 amide bonds. The molecule has 0 aromatic carbocycles. The third kappa shape index (κ3) is 2.28. The van der Waals surface area contributed by atoms with Crippen molar-refractivity contribution in [3.05, 3.63) is 0 Å². The Morgan fingerprint density at radius 3 is 2.13 bits per heavy atom. The van der Waals surface area contributed by atoms with Gasteiger partial charge in [-0.1, -0.05) is 6.42 Å². The smallest absolute Gasteiger partial charge is 0.382 e. The van der Waals surface area contributed by atoms with Gasteiger partial charge in [-0.15, -0.1) is 0 Å². The van der Waals surface area contributed by atoms with Crippen LogP contribution in [-0.2, 0) is 0 Å². The second-order valence-corrected chi connectivity index (χ2v) is 4.57. The maximum atomic E-state index is 12.2. The van der Waals surface area contributed by atoms with E-state index >= 15 is 0 Å². The first-order valence-corrected chi connectivity index (χ1v) is 5.49. The minimum absolute atomic E-state index is 0.237. The summed E-state index contributed by atoms with van der Waals surface area (Å²) < 4.78 is 36.6. The van der Waals surface area contributed by atoms with E-state index in [4.69, 9.17) is 5.11 Å². The van der Waals surface area contributed by atoms with E-state index in [1.54, 1.807) is 0 Å². The molecular weight excluding hydrogens is 207 g/mol. The second-order valence-electron chi connectivity index (χ2n) is 4.57. The number of nitrogens with zero attached hydrogens (tertiary/aromatic N) is 1. The maximum absolute atomic E-state index is 12.2. The summed E-state index contributed by atoms with van der Waals surface area (Å²) in [6, 6.07) is 0.557. The maximum Gasteiger partial charge on any atom is 0.415 e. The third-order valence-electron chi connectivity index (χ3n) is 3.61. The molecule has 0 aromatic rings. The SMILES string of the molecule is OC(CN1C2CCC[C@@H]1CC2)C(F)(F)F. The van der Waals surface area contributed by atoms with Crippen molar-refractivity contribution >= 4 is 0 Å². The van der Waals surface area contributed by atoms with Crippen LogP contribution in [0.2, 0.25) is 0 Å². The van der Waals surface area contributed by atoms with Gasteiger partial charge in [0.25, 0.3) is 0 Å². The topological polar surface area (TPSA) is 23.5 Å². The summed E-state index contributed by atoms with van der Waals surface area (Å²) in [5.41, 5.74) is 0. The van der Waals surface area contributed by atoms with Crippen molar-refractivity contribution in [1.82, 2.24) is 4.90 Å². The summed E-state index contributed by atoms with van der Waals surface area (Å²) >= 11 is 0. The van der Waals surface area contributed by atoms with Crippen LogP contribution in [0.15, 0.2) is 0 Å². The van der Waals surface area contributed by atoms with Gasteiger partial charge in [0.2, 0.25) is 0 Å². The van der Waals surface area contributed by atoms with E-state index in [0.717, 1.165) is 32.1 Å². The molecule has 2 unspecified atom stereocenters. The number of hydrogen-bond acceptors (Lipinski definition) is 2. The molecule has 0 radical (unpaired) electrons.